The largest absolute Gasteiger partial charge is 0.440 e. The van der Waals surface area contributed by atoms with Crippen LogP contribution in [0.2, 0.25) is 10.0 Å². The molecule has 0 aliphatic heterocycles. The molecule has 6 nitrogen and oxygen atoms in total. The quantitative estimate of drug-likeness (QED) is 0.871. The van der Waals surface area contributed by atoms with Crippen LogP contribution in [0.3, 0.4) is 0 Å². The van der Waals surface area contributed by atoms with E-state index in [0.29, 0.717) is 15.7 Å². The van der Waals surface area contributed by atoms with Crippen LogP contribution in [0.25, 0.3) is 0 Å². The van der Waals surface area contributed by atoms with E-state index >= 15 is 0 Å². The van der Waals surface area contributed by atoms with Gasteiger partial charge in [-0.3, -0.25) is 14.3 Å². The molecule has 2 rings (SSSR count). The molecule has 1 heterocycles. The highest BCUT2D eigenvalue weighted by Gasteiger charge is 2.05. The van der Waals surface area contributed by atoms with E-state index in [1.807, 2.05) is 4.98 Å². The molecule has 1 aromatic heterocycles. The molecule has 0 saturated heterocycles. The van der Waals surface area contributed by atoms with E-state index in [1.165, 1.54) is 6.07 Å². The van der Waals surface area contributed by atoms with E-state index in [4.69, 9.17) is 23.2 Å². The normalized spacial score (nSPS) is 10.2. The van der Waals surface area contributed by atoms with E-state index in [-0.39, 0.29) is 5.82 Å². The SMILES string of the molecule is O=c1[nH]c(=O)c(Nc2ccc(Cl)c(Cl)c2)no1. The van der Waals surface area contributed by atoms with Crippen LogP contribution in [-0.4, -0.2) is 10.1 Å². The zero-order valence-electron chi connectivity index (χ0n) is 8.16. The van der Waals surface area contributed by atoms with Crippen molar-refractivity contribution in [3.05, 3.63) is 49.1 Å². The molecule has 0 saturated carbocycles. The zero-order chi connectivity index (χ0) is 12.4. The van der Waals surface area contributed by atoms with Gasteiger partial charge in [0.25, 0.3) is 5.56 Å². The minimum absolute atomic E-state index is 0.150. The first-order valence-corrected chi connectivity index (χ1v) is 5.14. The van der Waals surface area contributed by atoms with Crippen molar-refractivity contribution in [1.29, 1.82) is 0 Å². The number of H-pyrrole nitrogens is 1. The molecule has 17 heavy (non-hydrogen) atoms. The summed E-state index contributed by atoms with van der Waals surface area (Å²) in [6, 6.07) is 4.66. The lowest BCUT2D eigenvalue weighted by Gasteiger charge is -2.03. The van der Waals surface area contributed by atoms with E-state index in [0.717, 1.165) is 0 Å². The number of rotatable bonds is 2. The predicted octanol–water partition coefficient (Wildman–Crippen LogP) is 1.77. The number of hydrogen-bond acceptors (Lipinski definition) is 5. The minimum Gasteiger partial charge on any atom is -0.333 e. The Morgan fingerprint density at radius 1 is 1.24 bits per heavy atom. The Morgan fingerprint density at radius 2 is 2.00 bits per heavy atom. The third-order valence-electron chi connectivity index (χ3n) is 1.83. The van der Waals surface area contributed by atoms with E-state index < -0.39 is 11.3 Å². The average molecular weight is 274 g/mol. The van der Waals surface area contributed by atoms with Gasteiger partial charge in [0, 0.05) is 5.69 Å². The molecular formula is C9H5Cl2N3O3. The van der Waals surface area contributed by atoms with Crippen LogP contribution in [0.5, 0.6) is 0 Å². The fourth-order valence-corrected chi connectivity index (χ4v) is 1.39. The Labute approximate surface area is 104 Å². The van der Waals surface area contributed by atoms with Crippen LogP contribution in [0.15, 0.2) is 32.3 Å². The molecule has 0 aliphatic carbocycles. The van der Waals surface area contributed by atoms with Crippen molar-refractivity contribution < 1.29 is 4.52 Å². The lowest BCUT2D eigenvalue weighted by atomic mass is 10.3. The van der Waals surface area contributed by atoms with Gasteiger partial charge in [-0.05, 0) is 23.4 Å². The predicted molar refractivity (Wildman–Crippen MR) is 63.1 cm³/mol. The summed E-state index contributed by atoms with van der Waals surface area (Å²) in [5.41, 5.74) is -0.196. The number of aromatic amines is 1. The lowest BCUT2D eigenvalue weighted by Crippen LogP contribution is -2.22. The van der Waals surface area contributed by atoms with Crippen molar-refractivity contribution in [2.24, 2.45) is 0 Å². The van der Waals surface area contributed by atoms with Gasteiger partial charge in [-0.1, -0.05) is 23.2 Å². The van der Waals surface area contributed by atoms with Gasteiger partial charge >= 0.3 is 5.76 Å². The number of benzene rings is 1. The molecule has 2 aromatic rings. The Hall–Kier alpha value is -1.79. The summed E-state index contributed by atoms with van der Waals surface area (Å²) in [5.74, 6) is -1.07. The number of halogens is 2. The summed E-state index contributed by atoms with van der Waals surface area (Å²) in [5, 5.41) is 6.66. The summed E-state index contributed by atoms with van der Waals surface area (Å²) in [7, 11) is 0. The van der Waals surface area contributed by atoms with Gasteiger partial charge in [-0.25, -0.2) is 4.79 Å². The third-order valence-corrected chi connectivity index (χ3v) is 2.57. The zero-order valence-corrected chi connectivity index (χ0v) is 9.67. The molecule has 88 valence electrons. The molecule has 0 radical (unpaired) electrons. The Kier molecular flexibility index (Phi) is 3.16. The summed E-state index contributed by atoms with van der Waals surface area (Å²) in [4.78, 5) is 23.9. The van der Waals surface area contributed by atoms with Crippen molar-refractivity contribution in [3.63, 3.8) is 0 Å². The Morgan fingerprint density at radius 3 is 2.65 bits per heavy atom. The first kappa shape index (κ1) is 11.7. The van der Waals surface area contributed by atoms with Gasteiger partial charge in [0.2, 0.25) is 5.82 Å². The van der Waals surface area contributed by atoms with E-state index in [2.05, 4.69) is 15.0 Å². The highest BCUT2D eigenvalue weighted by Crippen LogP contribution is 2.25. The van der Waals surface area contributed by atoms with Gasteiger partial charge in [0.05, 0.1) is 10.0 Å². The molecule has 0 aliphatic rings. The number of nitrogens with zero attached hydrogens (tertiary/aromatic N) is 1. The third kappa shape index (κ3) is 2.66. The van der Waals surface area contributed by atoms with Crippen LogP contribution in [0.4, 0.5) is 11.5 Å². The van der Waals surface area contributed by atoms with Crippen molar-refractivity contribution in [2.75, 3.05) is 5.32 Å². The first-order chi connectivity index (χ1) is 8.06. The standard InChI is InChI=1S/C9H5Cl2N3O3/c10-5-2-1-4(3-6(5)11)12-7-8(15)13-9(16)17-14-7/h1-3H,(H,12,14)(H,13,15,16). The summed E-state index contributed by atoms with van der Waals surface area (Å²) < 4.78 is 4.28. The van der Waals surface area contributed by atoms with Crippen molar-refractivity contribution >= 4 is 34.7 Å². The Balaban J connectivity index is 2.35. The van der Waals surface area contributed by atoms with Gasteiger partial charge in [-0.15, -0.1) is 0 Å². The summed E-state index contributed by atoms with van der Waals surface area (Å²) >= 11 is 11.5. The molecule has 0 spiro atoms. The second-order valence-electron chi connectivity index (χ2n) is 3.03. The second-order valence-corrected chi connectivity index (χ2v) is 3.84. The lowest BCUT2D eigenvalue weighted by molar-refractivity contribution is 0.352. The number of aromatic nitrogens is 2. The first-order valence-electron chi connectivity index (χ1n) is 4.38. The van der Waals surface area contributed by atoms with Crippen molar-refractivity contribution in [3.8, 4) is 0 Å². The van der Waals surface area contributed by atoms with Gasteiger partial charge < -0.3 is 5.32 Å². The van der Waals surface area contributed by atoms with Crippen molar-refractivity contribution in [1.82, 2.24) is 10.1 Å². The molecule has 0 atom stereocenters. The van der Waals surface area contributed by atoms with E-state index in [9.17, 15) is 9.59 Å². The van der Waals surface area contributed by atoms with Crippen LogP contribution in [-0.2, 0) is 0 Å². The number of hydrogen-bond donors (Lipinski definition) is 2. The molecule has 8 heteroatoms. The monoisotopic (exact) mass is 273 g/mol. The number of nitrogens with one attached hydrogen (secondary N) is 2. The summed E-state index contributed by atoms with van der Waals surface area (Å²) in [6.07, 6.45) is 0. The highest BCUT2D eigenvalue weighted by atomic mass is 35.5. The van der Waals surface area contributed by atoms with Crippen LogP contribution >= 0.6 is 23.2 Å². The molecular weight excluding hydrogens is 269 g/mol. The fraction of sp³-hybridized carbons (Fsp3) is 0. The maximum absolute atomic E-state index is 11.3. The smallest absolute Gasteiger partial charge is 0.333 e. The van der Waals surface area contributed by atoms with Crippen LogP contribution < -0.4 is 16.6 Å². The second kappa shape index (κ2) is 4.60. The van der Waals surface area contributed by atoms with Gasteiger partial charge in [0.15, 0.2) is 0 Å². The van der Waals surface area contributed by atoms with Crippen molar-refractivity contribution in [2.45, 2.75) is 0 Å². The average Bonchev–Trinajstić information content (AvgIpc) is 2.27. The Bertz CT molecular complexity index is 665. The molecule has 2 N–H and O–H groups in total. The van der Waals surface area contributed by atoms with Gasteiger partial charge in [0.1, 0.15) is 0 Å². The molecule has 1 aromatic carbocycles. The molecule has 0 unspecified atom stereocenters. The van der Waals surface area contributed by atoms with Gasteiger partial charge in [-0.2, -0.15) is 0 Å². The fourth-order valence-electron chi connectivity index (χ4n) is 1.09. The van der Waals surface area contributed by atoms with Crippen LogP contribution in [0.1, 0.15) is 0 Å². The number of anilines is 2. The van der Waals surface area contributed by atoms with E-state index in [1.54, 1.807) is 12.1 Å². The molecule has 0 fully saturated rings. The maximum Gasteiger partial charge on any atom is 0.440 e. The van der Waals surface area contributed by atoms with Crippen LogP contribution in [0, 0.1) is 0 Å². The molecule has 0 bridgehead atoms. The highest BCUT2D eigenvalue weighted by molar-refractivity contribution is 6.42. The molecule has 0 amide bonds. The minimum atomic E-state index is -0.922. The topological polar surface area (TPSA) is 88.0 Å². The maximum atomic E-state index is 11.3. The summed E-state index contributed by atoms with van der Waals surface area (Å²) in [6.45, 7) is 0.